The molecule has 1 aliphatic heterocycles. The average molecular weight is 642 g/mol. The summed E-state index contributed by atoms with van der Waals surface area (Å²) in [6.07, 6.45) is 3.25. The van der Waals surface area contributed by atoms with Crippen molar-refractivity contribution in [2.75, 3.05) is 0 Å². The SMILES string of the molecule is O=c1/c(=C\c2cc(I)c(O)c([N+](=O)[O-])c2)sc2n1[C@H](c1ccc(Cl)cc1)C1=C(N=2)c2ccccc2CC1. The molecule has 1 atom stereocenters. The number of aryl methyl sites for hydroxylation is 1. The second-order valence-electron chi connectivity index (χ2n) is 8.79. The number of allylic oxidation sites excluding steroid dienone is 1. The Bertz CT molecular complexity index is 1830. The number of thiazole rings is 1. The van der Waals surface area contributed by atoms with Crippen LogP contribution in [0.1, 0.15) is 34.7 Å². The van der Waals surface area contributed by atoms with Gasteiger partial charge in [0.15, 0.2) is 4.80 Å². The smallest absolute Gasteiger partial charge is 0.312 e. The molecule has 2 aliphatic rings. The van der Waals surface area contributed by atoms with Crippen molar-refractivity contribution in [1.82, 2.24) is 4.57 Å². The van der Waals surface area contributed by atoms with Crippen LogP contribution in [0.4, 0.5) is 5.69 Å². The van der Waals surface area contributed by atoms with Crippen molar-refractivity contribution in [3.05, 3.63) is 127 Å². The number of hydrogen-bond acceptors (Lipinski definition) is 6. The van der Waals surface area contributed by atoms with Crippen LogP contribution < -0.4 is 14.9 Å². The molecule has 0 radical (unpaired) electrons. The van der Waals surface area contributed by atoms with Crippen molar-refractivity contribution in [3.8, 4) is 5.75 Å². The zero-order chi connectivity index (χ0) is 25.8. The lowest BCUT2D eigenvalue weighted by molar-refractivity contribution is -0.386. The minimum absolute atomic E-state index is 0.222. The third kappa shape index (κ3) is 4.11. The molecule has 4 aromatic rings. The Balaban J connectivity index is 1.61. The molecule has 10 heteroatoms. The number of aromatic hydroxyl groups is 1. The molecule has 1 N–H and O–H groups in total. The van der Waals surface area contributed by atoms with Gasteiger partial charge in [0.2, 0.25) is 5.75 Å². The first-order chi connectivity index (χ1) is 17.8. The third-order valence-electron chi connectivity index (χ3n) is 6.62. The maximum atomic E-state index is 13.8. The highest BCUT2D eigenvalue weighted by Gasteiger charge is 2.32. The van der Waals surface area contributed by atoms with Crippen molar-refractivity contribution in [2.45, 2.75) is 18.9 Å². The molecule has 0 unspecified atom stereocenters. The molecule has 0 saturated heterocycles. The maximum absolute atomic E-state index is 13.8. The topological polar surface area (TPSA) is 97.7 Å². The Morgan fingerprint density at radius 3 is 2.68 bits per heavy atom. The van der Waals surface area contributed by atoms with Crippen LogP contribution in [0.3, 0.4) is 0 Å². The summed E-state index contributed by atoms with van der Waals surface area (Å²) < 4.78 is 2.45. The van der Waals surface area contributed by atoms with E-state index in [4.69, 9.17) is 16.6 Å². The molecular formula is C27H17ClIN3O4S. The highest BCUT2D eigenvalue weighted by molar-refractivity contribution is 14.1. The largest absolute Gasteiger partial charge is 0.501 e. The number of halogens is 2. The summed E-state index contributed by atoms with van der Waals surface area (Å²) >= 11 is 9.26. The number of nitro benzene ring substituents is 1. The van der Waals surface area contributed by atoms with Gasteiger partial charge >= 0.3 is 5.69 Å². The Labute approximate surface area is 233 Å². The summed E-state index contributed by atoms with van der Waals surface area (Å²) in [6.45, 7) is 0. The molecule has 0 amide bonds. The third-order valence-corrected chi connectivity index (χ3v) is 8.68. The zero-order valence-corrected chi connectivity index (χ0v) is 22.8. The molecule has 0 spiro atoms. The number of hydrogen-bond donors (Lipinski definition) is 1. The molecule has 7 nitrogen and oxygen atoms in total. The summed E-state index contributed by atoms with van der Waals surface area (Å²) in [4.78, 5) is 30.1. The van der Waals surface area contributed by atoms with Gasteiger partial charge in [-0.3, -0.25) is 19.5 Å². The van der Waals surface area contributed by atoms with Crippen molar-refractivity contribution >= 4 is 63.0 Å². The number of phenolic OH excluding ortho intramolecular Hbond substituents is 1. The van der Waals surface area contributed by atoms with E-state index in [1.54, 1.807) is 16.7 Å². The van der Waals surface area contributed by atoms with Gasteiger partial charge in [-0.1, -0.05) is 59.3 Å². The molecule has 0 fully saturated rings. The van der Waals surface area contributed by atoms with E-state index in [1.165, 1.54) is 23.0 Å². The molecule has 2 heterocycles. The predicted octanol–water partition coefficient (Wildman–Crippen LogP) is 5.19. The van der Waals surface area contributed by atoms with E-state index < -0.39 is 16.4 Å². The summed E-state index contributed by atoms with van der Waals surface area (Å²) in [5, 5.41) is 22.1. The monoisotopic (exact) mass is 641 g/mol. The summed E-state index contributed by atoms with van der Waals surface area (Å²) in [6, 6.07) is 18.3. The molecule has 1 aliphatic carbocycles. The summed E-state index contributed by atoms with van der Waals surface area (Å²) in [5.74, 6) is -0.390. The van der Waals surface area contributed by atoms with E-state index in [0.717, 1.165) is 35.2 Å². The number of phenols is 1. The maximum Gasteiger partial charge on any atom is 0.312 e. The fraction of sp³-hybridized carbons (Fsp3) is 0.111. The molecular weight excluding hydrogens is 625 g/mol. The molecule has 184 valence electrons. The van der Waals surface area contributed by atoms with Gasteiger partial charge < -0.3 is 5.11 Å². The standard InChI is InChI=1S/C27H17ClIN3O4S/c28-17-8-5-16(6-9-17)24-19-10-7-15-3-1-2-4-18(15)23(19)30-27-31(24)26(34)22(37-27)13-14-11-20(29)25(33)21(12-14)32(35)36/h1-6,8-9,11-13,24,33H,7,10H2/b22-13+/t24-/m1/s1. The molecule has 0 saturated carbocycles. The molecule has 3 aromatic carbocycles. The van der Waals surface area contributed by atoms with E-state index >= 15 is 0 Å². The van der Waals surface area contributed by atoms with Gasteiger partial charge in [-0.15, -0.1) is 0 Å². The first-order valence-corrected chi connectivity index (χ1v) is 13.6. The van der Waals surface area contributed by atoms with Crippen LogP contribution in [0.15, 0.2) is 76.0 Å². The van der Waals surface area contributed by atoms with E-state index in [2.05, 4.69) is 12.1 Å². The number of nitro groups is 1. The van der Waals surface area contributed by atoms with Gasteiger partial charge in [-0.25, -0.2) is 4.99 Å². The number of benzene rings is 3. The number of rotatable bonds is 3. The van der Waals surface area contributed by atoms with Gasteiger partial charge in [0, 0.05) is 16.7 Å². The lowest BCUT2D eigenvalue weighted by atomic mass is 9.83. The highest BCUT2D eigenvalue weighted by Crippen LogP contribution is 2.41. The van der Waals surface area contributed by atoms with Crippen LogP contribution in [0.2, 0.25) is 5.02 Å². The second-order valence-corrected chi connectivity index (χ2v) is 11.4. The number of aromatic nitrogens is 1. The van der Waals surface area contributed by atoms with Crippen molar-refractivity contribution in [2.24, 2.45) is 4.99 Å². The zero-order valence-electron chi connectivity index (χ0n) is 19.0. The summed E-state index contributed by atoms with van der Waals surface area (Å²) in [5.41, 5.74) is 5.04. The van der Waals surface area contributed by atoms with Crippen LogP contribution in [0.25, 0.3) is 11.8 Å². The minimum Gasteiger partial charge on any atom is -0.501 e. The van der Waals surface area contributed by atoms with Crippen molar-refractivity contribution in [3.63, 3.8) is 0 Å². The fourth-order valence-corrected chi connectivity index (χ4v) is 6.71. The van der Waals surface area contributed by atoms with Gasteiger partial charge in [-0.05, 0) is 82.0 Å². The quantitative estimate of drug-likeness (QED) is 0.189. The Morgan fingerprint density at radius 1 is 1.16 bits per heavy atom. The van der Waals surface area contributed by atoms with Gasteiger partial charge in [0.25, 0.3) is 5.56 Å². The van der Waals surface area contributed by atoms with Gasteiger partial charge in [-0.2, -0.15) is 0 Å². The van der Waals surface area contributed by atoms with Crippen molar-refractivity contribution in [1.29, 1.82) is 0 Å². The first-order valence-electron chi connectivity index (χ1n) is 11.4. The van der Waals surface area contributed by atoms with Crippen LogP contribution in [-0.4, -0.2) is 14.6 Å². The van der Waals surface area contributed by atoms with E-state index in [1.807, 2.05) is 59.0 Å². The Kier molecular flexibility index (Phi) is 6.01. The second kappa shape index (κ2) is 9.23. The Hall–Kier alpha value is -3.28. The average Bonchev–Trinajstić information content (AvgIpc) is 3.19. The van der Waals surface area contributed by atoms with Crippen LogP contribution >= 0.6 is 45.5 Å². The van der Waals surface area contributed by atoms with E-state index in [9.17, 15) is 20.0 Å². The lowest BCUT2D eigenvalue weighted by Crippen LogP contribution is -2.38. The molecule has 0 bridgehead atoms. The predicted molar refractivity (Wildman–Crippen MR) is 152 cm³/mol. The fourth-order valence-electron chi connectivity index (χ4n) is 4.95. The van der Waals surface area contributed by atoms with Crippen molar-refractivity contribution < 1.29 is 10.0 Å². The molecule has 6 rings (SSSR count). The van der Waals surface area contributed by atoms with Gasteiger partial charge in [0.1, 0.15) is 0 Å². The van der Waals surface area contributed by atoms with Crippen LogP contribution in [0, 0.1) is 13.7 Å². The number of fused-ring (bicyclic) bond motifs is 3. The Morgan fingerprint density at radius 2 is 1.92 bits per heavy atom. The van der Waals surface area contributed by atoms with Gasteiger partial charge in [0.05, 0.1) is 24.8 Å². The number of nitrogens with zero attached hydrogens (tertiary/aromatic N) is 3. The lowest BCUT2D eigenvalue weighted by Gasteiger charge is -2.30. The first kappa shape index (κ1) is 24.1. The summed E-state index contributed by atoms with van der Waals surface area (Å²) in [7, 11) is 0. The van der Waals surface area contributed by atoms with E-state index in [0.29, 0.717) is 23.5 Å². The highest BCUT2D eigenvalue weighted by atomic mass is 127. The van der Waals surface area contributed by atoms with Crippen LogP contribution in [-0.2, 0) is 6.42 Å². The molecule has 1 aromatic heterocycles. The molecule has 37 heavy (non-hydrogen) atoms. The van der Waals surface area contributed by atoms with E-state index in [-0.39, 0.29) is 11.6 Å². The minimum atomic E-state index is -0.636. The normalized spacial score (nSPS) is 16.6. The van der Waals surface area contributed by atoms with Crippen LogP contribution in [0.5, 0.6) is 5.75 Å².